The van der Waals surface area contributed by atoms with Gasteiger partial charge in [-0.2, -0.15) is 0 Å². The molecule has 1 fully saturated rings. The van der Waals surface area contributed by atoms with Gasteiger partial charge in [0, 0.05) is 30.7 Å². The molecule has 0 spiro atoms. The number of hydrogen-bond acceptors (Lipinski definition) is 3. The maximum absolute atomic E-state index is 12.2. The number of likely N-dealkylation sites (N-methyl/N-ethyl adjacent to an activating group) is 1. The molecule has 5 heteroatoms. The summed E-state index contributed by atoms with van der Waals surface area (Å²) in [6.45, 7) is 3.17. The Morgan fingerprint density at radius 2 is 1.94 bits per heavy atom. The Balaban J connectivity index is 2.16. The SMILES string of the molecule is CN1CCN(C(=O)c2cc(Br)ccc2O)CC1. The Morgan fingerprint density at radius 1 is 1.29 bits per heavy atom. The van der Waals surface area contributed by atoms with E-state index in [1.807, 2.05) is 7.05 Å². The van der Waals surface area contributed by atoms with Crippen LogP contribution in [0.25, 0.3) is 0 Å². The first-order valence-corrected chi connectivity index (χ1v) is 6.33. The Bertz CT molecular complexity index is 429. The van der Waals surface area contributed by atoms with Crippen LogP contribution in [0.3, 0.4) is 0 Å². The fourth-order valence-corrected chi connectivity index (χ4v) is 2.22. The molecule has 0 atom stereocenters. The second-order valence-corrected chi connectivity index (χ2v) is 5.17. The normalized spacial score (nSPS) is 17.2. The van der Waals surface area contributed by atoms with Gasteiger partial charge in [-0.1, -0.05) is 15.9 Å². The van der Waals surface area contributed by atoms with Gasteiger partial charge in [0.2, 0.25) is 0 Å². The zero-order valence-corrected chi connectivity index (χ0v) is 11.3. The number of nitrogens with zero attached hydrogens (tertiary/aromatic N) is 2. The summed E-state index contributed by atoms with van der Waals surface area (Å²) in [7, 11) is 2.04. The third-order valence-electron chi connectivity index (χ3n) is 2.98. The van der Waals surface area contributed by atoms with E-state index in [0.717, 1.165) is 17.6 Å². The van der Waals surface area contributed by atoms with Gasteiger partial charge in [0.15, 0.2) is 0 Å². The van der Waals surface area contributed by atoms with Crippen LogP contribution >= 0.6 is 15.9 Å². The van der Waals surface area contributed by atoms with Gasteiger partial charge in [0.25, 0.3) is 5.91 Å². The molecule has 1 heterocycles. The molecule has 1 aromatic carbocycles. The minimum atomic E-state index is -0.100. The first-order valence-electron chi connectivity index (χ1n) is 5.54. The molecular formula is C12H15BrN2O2. The summed E-state index contributed by atoms with van der Waals surface area (Å²) in [5.41, 5.74) is 0.365. The first-order chi connectivity index (χ1) is 8.08. The maximum atomic E-state index is 12.2. The molecule has 0 radical (unpaired) electrons. The van der Waals surface area contributed by atoms with E-state index in [0.29, 0.717) is 18.7 Å². The molecule has 2 rings (SSSR count). The number of benzene rings is 1. The van der Waals surface area contributed by atoms with Gasteiger partial charge in [-0.05, 0) is 25.2 Å². The van der Waals surface area contributed by atoms with E-state index in [1.54, 1.807) is 17.0 Å². The monoisotopic (exact) mass is 298 g/mol. The summed E-state index contributed by atoms with van der Waals surface area (Å²) in [6, 6.07) is 4.92. The molecule has 0 saturated carbocycles. The molecule has 1 aliphatic rings. The van der Waals surface area contributed by atoms with Crippen molar-refractivity contribution in [2.75, 3.05) is 33.2 Å². The van der Waals surface area contributed by atoms with E-state index < -0.39 is 0 Å². The van der Waals surface area contributed by atoms with Crippen LogP contribution in [0.4, 0.5) is 0 Å². The summed E-state index contributed by atoms with van der Waals surface area (Å²) in [5.74, 6) is -0.0611. The summed E-state index contributed by atoms with van der Waals surface area (Å²) in [6.07, 6.45) is 0. The van der Waals surface area contributed by atoms with Crippen LogP contribution in [0, 0.1) is 0 Å². The Morgan fingerprint density at radius 3 is 2.59 bits per heavy atom. The zero-order valence-electron chi connectivity index (χ0n) is 9.69. The predicted octanol–water partition coefficient (Wildman–Crippen LogP) is 1.54. The third-order valence-corrected chi connectivity index (χ3v) is 3.47. The number of phenols is 1. The fourth-order valence-electron chi connectivity index (χ4n) is 1.86. The number of carbonyl (C=O) groups excluding carboxylic acids is 1. The van der Waals surface area contributed by atoms with Gasteiger partial charge in [-0.25, -0.2) is 0 Å². The van der Waals surface area contributed by atoms with E-state index in [2.05, 4.69) is 20.8 Å². The van der Waals surface area contributed by atoms with Gasteiger partial charge >= 0.3 is 0 Å². The molecular weight excluding hydrogens is 284 g/mol. The highest BCUT2D eigenvalue weighted by molar-refractivity contribution is 9.10. The van der Waals surface area contributed by atoms with Crippen molar-refractivity contribution in [3.63, 3.8) is 0 Å². The zero-order chi connectivity index (χ0) is 12.4. The van der Waals surface area contributed by atoms with Crippen molar-refractivity contribution in [1.82, 2.24) is 9.80 Å². The minimum absolute atomic E-state index is 0.0390. The van der Waals surface area contributed by atoms with Crippen molar-refractivity contribution in [3.8, 4) is 5.75 Å². The smallest absolute Gasteiger partial charge is 0.257 e. The van der Waals surface area contributed by atoms with Gasteiger partial charge in [0.05, 0.1) is 5.56 Å². The van der Waals surface area contributed by atoms with Crippen LogP contribution in [-0.2, 0) is 0 Å². The number of aromatic hydroxyl groups is 1. The van der Waals surface area contributed by atoms with Crippen molar-refractivity contribution in [2.24, 2.45) is 0 Å². The molecule has 0 unspecified atom stereocenters. The number of amides is 1. The first kappa shape index (κ1) is 12.4. The van der Waals surface area contributed by atoms with Crippen molar-refractivity contribution in [3.05, 3.63) is 28.2 Å². The molecule has 4 nitrogen and oxygen atoms in total. The van der Waals surface area contributed by atoms with Crippen molar-refractivity contribution in [1.29, 1.82) is 0 Å². The second-order valence-electron chi connectivity index (χ2n) is 4.26. The molecule has 92 valence electrons. The molecule has 1 saturated heterocycles. The van der Waals surface area contributed by atoms with Crippen LogP contribution in [-0.4, -0.2) is 54.0 Å². The quantitative estimate of drug-likeness (QED) is 0.855. The lowest BCUT2D eigenvalue weighted by Crippen LogP contribution is -2.47. The molecule has 0 aliphatic carbocycles. The highest BCUT2D eigenvalue weighted by Crippen LogP contribution is 2.23. The average molecular weight is 299 g/mol. The van der Waals surface area contributed by atoms with E-state index in [-0.39, 0.29) is 11.7 Å². The number of halogens is 1. The minimum Gasteiger partial charge on any atom is -0.507 e. The summed E-state index contributed by atoms with van der Waals surface area (Å²) < 4.78 is 0.799. The predicted molar refractivity (Wildman–Crippen MR) is 69.2 cm³/mol. The van der Waals surface area contributed by atoms with Crippen LogP contribution in [0.1, 0.15) is 10.4 Å². The van der Waals surface area contributed by atoms with Crippen LogP contribution in [0.2, 0.25) is 0 Å². The Kier molecular flexibility index (Phi) is 3.69. The fraction of sp³-hybridized carbons (Fsp3) is 0.417. The molecule has 1 aromatic rings. The number of carbonyl (C=O) groups is 1. The Labute approximate surface area is 109 Å². The molecule has 1 aliphatic heterocycles. The second kappa shape index (κ2) is 5.06. The lowest BCUT2D eigenvalue weighted by molar-refractivity contribution is 0.0661. The van der Waals surface area contributed by atoms with Gasteiger partial charge in [0.1, 0.15) is 5.75 Å². The number of hydrogen-bond donors (Lipinski definition) is 1. The van der Waals surface area contributed by atoms with Gasteiger partial charge in [-0.15, -0.1) is 0 Å². The van der Waals surface area contributed by atoms with Crippen LogP contribution in [0.5, 0.6) is 5.75 Å². The largest absolute Gasteiger partial charge is 0.507 e. The summed E-state index contributed by atoms with van der Waals surface area (Å²) in [4.78, 5) is 16.2. The topological polar surface area (TPSA) is 43.8 Å². The average Bonchev–Trinajstić information content (AvgIpc) is 2.32. The molecule has 1 N–H and O–H groups in total. The van der Waals surface area contributed by atoms with Gasteiger partial charge < -0.3 is 14.9 Å². The van der Waals surface area contributed by atoms with Crippen molar-refractivity contribution >= 4 is 21.8 Å². The highest BCUT2D eigenvalue weighted by atomic mass is 79.9. The molecule has 0 aromatic heterocycles. The maximum Gasteiger partial charge on any atom is 0.257 e. The lowest BCUT2D eigenvalue weighted by Gasteiger charge is -2.32. The van der Waals surface area contributed by atoms with Crippen LogP contribution in [0.15, 0.2) is 22.7 Å². The summed E-state index contributed by atoms with van der Waals surface area (Å²) in [5, 5.41) is 9.71. The van der Waals surface area contributed by atoms with Gasteiger partial charge in [-0.3, -0.25) is 4.79 Å². The highest BCUT2D eigenvalue weighted by Gasteiger charge is 2.22. The lowest BCUT2D eigenvalue weighted by atomic mass is 10.1. The number of phenolic OH excluding ortho intramolecular Hbond substituents is 1. The van der Waals surface area contributed by atoms with Crippen molar-refractivity contribution < 1.29 is 9.90 Å². The van der Waals surface area contributed by atoms with E-state index in [4.69, 9.17) is 0 Å². The standard InChI is InChI=1S/C12H15BrN2O2/c1-14-4-6-15(7-5-14)12(17)10-8-9(13)2-3-11(10)16/h2-3,8,16H,4-7H2,1H3. The van der Waals surface area contributed by atoms with E-state index in [9.17, 15) is 9.90 Å². The number of piperazine rings is 1. The summed E-state index contributed by atoms with van der Waals surface area (Å²) >= 11 is 3.31. The van der Waals surface area contributed by atoms with E-state index in [1.165, 1.54) is 6.07 Å². The van der Waals surface area contributed by atoms with Crippen molar-refractivity contribution in [2.45, 2.75) is 0 Å². The van der Waals surface area contributed by atoms with Crippen LogP contribution < -0.4 is 0 Å². The molecule has 0 bridgehead atoms. The molecule has 1 amide bonds. The molecule has 17 heavy (non-hydrogen) atoms. The van der Waals surface area contributed by atoms with E-state index >= 15 is 0 Å². The Hall–Kier alpha value is -1.07. The third kappa shape index (κ3) is 2.79. The number of rotatable bonds is 1.